The molecule has 1 aromatic carbocycles. The lowest BCUT2D eigenvalue weighted by Crippen LogP contribution is -2.46. The maximum absolute atomic E-state index is 11.8. The van der Waals surface area contributed by atoms with Crippen molar-refractivity contribution >= 4 is 23.7 Å². The lowest BCUT2D eigenvalue weighted by molar-refractivity contribution is 0.0953. The summed E-state index contributed by atoms with van der Waals surface area (Å²) >= 11 is 1.87. The summed E-state index contributed by atoms with van der Waals surface area (Å²) < 4.78 is 0. The standard InChI is InChI=1S/C14H19N3O2S/c18-13(12-4-2-1-3-5-12)15-6-7-16-14(19)17-8-10-20-11-9-17/h1-5H,6-11H2,(H,15,18)(H,16,19). The molecule has 0 spiro atoms. The maximum Gasteiger partial charge on any atom is 0.317 e. The molecule has 0 radical (unpaired) electrons. The van der Waals surface area contributed by atoms with Crippen LogP contribution in [-0.4, -0.2) is 54.5 Å². The number of nitrogens with one attached hydrogen (secondary N) is 2. The molecule has 20 heavy (non-hydrogen) atoms. The van der Waals surface area contributed by atoms with Gasteiger partial charge >= 0.3 is 6.03 Å². The van der Waals surface area contributed by atoms with Crippen LogP contribution in [0.15, 0.2) is 30.3 Å². The van der Waals surface area contributed by atoms with E-state index in [0.717, 1.165) is 24.6 Å². The molecule has 0 aromatic heterocycles. The molecular weight excluding hydrogens is 274 g/mol. The smallest absolute Gasteiger partial charge is 0.317 e. The number of carbonyl (C=O) groups is 2. The van der Waals surface area contributed by atoms with Crippen LogP contribution < -0.4 is 10.6 Å². The molecule has 0 atom stereocenters. The number of carbonyl (C=O) groups excluding carboxylic acids is 2. The van der Waals surface area contributed by atoms with Crippen LogP contribution in [-0.2, 0) is 0 Å². The Bertz CT molecular complexity index is 447. The van der Waals surface area contributed by atoms with E-state index in [-0.39, 0.29) is 11.9 Å². The predicted octanol–water partition coefficient (Wildman–Crippen LogP) is 1.17. The van der Waals surface area contributed by atoms with Crippen LogP contribution in [0.5, 0.6) is 0 Å². The van der Waals surface area contributed by atoms with Crippen LogP contribution >= 0.6 is 11.8 Å². The van der Waals surface area contributed by atoms with Crippen molar-refractivity contribution in [3.8, 4) is 0 Å². The molecule has 2 rings (SSSR count). The van der Waals surface area contributed by atoms with Crippen LogP contribution in [0.1, 0.15) is 10.4 Å². The van der Waals surface area contributed by atoms with Crippen molar-refractivity contribution in [2.24, 2.45) is 0 Å². The molecule has 0 aliphatic carbocycles. The molecule has 1 heterocycles. The second-order valence-electron chi connectivity index (χ2n) is 4.45. The average molecular weight is 293 g/mol. The summed E-state index contributed by atoms with van der Waals surface area (Å²) in [5.41, 5.74) is 0.631. The maximum atomic E-state index is 11.8. The van der Waals surface area contributed by atoms with E-state index in [9.17, 15) is 9.59 Å². The highest BCUT2D eigenvalue weighted by Crippen LogP contribution is 2.08. The van der Waals surface area contributed by atoms with Crippen molar-refractivity contribution < 1.29 is 9.59 Å². The number of hydrogen-bond donors (Lipinski definition) is 2. The number of amides is 3. The molecule has 108 valence electrons. The van der Waals surface area contributed by atoms with Gasteiger partial charge in [-0.25, -0.2) is 4.79 Å². The van der Waals surface area contributed by atoms with Gasteiger partial charge in [-0.05, 0) is 12.1 Å². The molecule has 1 saturated heterocycles. The van der Waals surface area contributed by atoms with E-state index in [1.807, 2.05) is 34.9 Å². The first-order valence-corrected chi connectivity index (χ1v) is 7.86. The second-order valence-corrected chi connectivity index (χ2v) is 5.68. The number of benzene rings is 1. The summed E-state index contributed by atoms with van der Waals surface area (Å²) in [4.78, 5) is 25.4. The van der Waals surface area contributed by atoms with Crippen LogP contribution in [0.25, 0.3) is 0 Å². The average Bonchev–Trinajstić information content (AvgIpc) is 2.53. The molecule has 0 saturated carbocycles. The first-order valence-electron chi connectivity index (χ1n) is 6.71. The van der Waals surface area contributed by atoms with Gasteiger partial charge in [-0.3, -0.25) is 4.79 Å². The fourth-order valence-electron chi connectivity index (χ4n) is 1.92. The molecule has 6 heteroatoms. The minimum atomic E-state index is -0.116. The van der Waals surface area contributed by atoms with Crippen LogP contribution in [0.4, 0.5) is 4.79 Å². The van der Waals surface area contributed by atoms with Crippen LogP contribution in [0, 0.1) is 0 Å². The van der Waals surface area contributed by atoms with E-state index < -0.39 is 0 Å². The molecule has 1 aliphatic heterocycles. The van der Waals surface area contributed by atoms with E-state index in [4.69, 9.17) is 0 Å². The Labute approximate surface area is 123 Å². The zero-order valence-electron chi connectivity index (χ0n) is 11.3. The van der Waals surface area contributed by atoms with Gasteiger partial charge in [0.15, 0.2) is 0 Å². The van der Waals surface area contributed by atoms with Gasteiger partial charge in [0.05, 0.1) is 0 Å². The number of hydrogen-bond acceptors (Lipinski definition) is 3. The SMILES string of the molecule is O=C(NCCNC(=O)N1CCSCC1)c1ccccc1. The molecule has 3 amide bonds. The van der Waals surface area contributed by atoms with Gasteiger partial charge in [0, 0.05) is 43.2 Å². The molecular formula is C14H19N3O2S. The fraction of sp³-hybridized carbons (Fsp3) is 0.429. The highest BCUT2D eigenvalue weighted by Gasteiger charge is 2.15. The zero-order valence-corrected chi connectivity index (χ0v) is 12.1. The van der Waals surface area contributed by atoms with Crippen molar-refractivity contribution in [2.75, 3.05) is 37.7 Å². The van der Waals surface area contributed by atoms with Crippen molar-refractivity contribution in [1.82, 2.24) is 15.5 Å². The summed E-state index contributed by atoms with van der Waals surface area (Å²) in [6, 6.07) is 9.00. The van der Waals surface area contributed by atoms with Gasteiger partial charge in [0.25, 0.3) is 5.91 Å². The van der Waals surface area contributed by atoms with Gasteiger partial charge in [-0.2, -0.15) is 11.8 Å². The van der Waals surface area contributed by atoms with Crippen molar-refractivity contribution in [2.45, 2.75) is 0 Å². The number of rotatable bonds is 4. The molecule has 2 N–H and O–H groups in total. The predicted molar refractivity (Wildman–Crippen MR) is 81.1 cm³/mol. The molecule has 0 unspecified atom stereocenters. The number of nitrogens with zero attached hydrogens (tertiary/aromatic N) is 1. The van der Waals surface area contributed by atoms with Crippen LogP contribution in [0.3, 0.4) is 0 Å². The van der Waals surface area contributed by atoms with Gasteiger partial charge in [-0.15, -0.1) is 0 Å². The van der Waals surface area contributed by atoms with E-state index in [1.165, 1.54) is 0 Å². The largest absolute Gasteiger partial charge is 0.350 e. The molecule has 1 aromatic rings. The highest BCUT2D eigenvalue weighted by atomic mass is 32.2. The Morgan fingerprint density at radius 3 is 2.40 bits per heavy atom. The minimum Gasteiger partial charge on any atom is -0.350 e. The molecule has 1 aliphatic rings. The van der Waals surface area contributed by atoms with Gasteiger partial charge in [0.1, 0.15) is 0 Å². The summed E-state index contributed by atoms with van der Waals surface area (Å²) in [6.07, 6.45) is 0. The molecule has 0 bridgehead atoms. The Kier molecular flexibility index (Phi) is 5.73. The summed E-state index contributed by atoms with van der Waals surface area (Å²) in [5.74, 6) is 1.88. The minimum absolute atomic E-state index is 0.0424. The highest BCUT2D eigenvalue weighted by molar-refractivity contribution is 7.99. The normalized spacial score (nSPS) is 14.7. The van der Waals surface area contributed by atoms with Gasteiger partial charge < -0.3 is 15.5 Å². The Balaban J connectivity index is 1.64. The van der Waals surface area contributed by atoms with Crippen molar-refractivity contribution in [3.63, 3.8) is 0 Å². The summed E-state index contributed by atoms with van der Waals surface area (Å²) in [7, 11) is 0. The lowest BCUT2D eigenvalue weighted by Gasteiger charge is -2.26. The second kappa shape index (κ2) is 7.79. The van der Waals surface area contributed by atoms with E-state index in [2.05, 4.69) is 10.6 Å². The third-order valence-electron chi connectivity index (χ3n) is 3.02. The van der Waals surface area contributed by atoms with Gasteiger partial charge in [0.2, 0.25) is 0 Å². The summed E-state index contributed by atoms with van der Waals surface area (Å²) in [5, 5.41) is 5.60. The van der Waals surface area contributed by atoms with Crippen molar-refractivity contribution in [3.05, 3.63) is 35.9 Å². The number of thioether (sulfide) groups is 1. The Morgan fingerprint density at radius 2 is 1.70 bits per heavy atom. The lowest BCUT2D eigenvalue weighted by atomic mass is 10.2. The first kappa shape index (κ1) is 14.7. The molecule has 1 fully saturated rings. The van der Waals surface area contributed by atoms with Crippen molar-refractivity contribution in [1.29, 1.82) is 0 Å². The van der Waals surface area contributed by atoms with Gasteiger partial charge in [-0.1, -0.05) is 18.2 Å². The van der Waals surface area contributed by atoms with E-state index >= 15 is 0 Å². The topological polar surface area (TPSA) is 61.4 Å². The summed E-state index contributed by atoms with van der Waals surface area (Å²) in [6.45, 7) is 2.48. The van der Waals surface area contributed by atoms with E-state index in [1.54, 1.807) is 12.1 Å². The third-order valence-corrected chi connectivity index (χ3v) is 3.96. The molecule has 5 nitrogen and oxygen atoms in total. The quantitative estimate of drug-likeness (QED) is 0.819. The Hall–Kier alpha value is -1.69. The zero-order chi connectivity index (χ0) is 14.2. The monoisotopic (exact) mass is 293 g/mol. The third kappa shape index (κ3) is 4.45. The van der Waals surface area contributed by atoms with Crippen LogP contribution in [0.2, 0.25) is 0 Å². The van der Waals surface area contributed by atoms with E-state index in [0.29, 0.717) is 18.7 Å². The first-order chi connectivity index (χ1) is 9.77. The Morgan fingerprint density at radius 1 is 1.05 bits per heavy atom. The fourth-order valence-corrected chi connectivity index (χ4v) is 2.82. The number of urea groups is 1.